The van der Waals surface area contributed by atoms with Gasteiger partial charge in [0.25, 0.3) is 0 Å². The summed E-state index contributed by atoms with van der Waals surface area (Å²) >= 11 is 5.41. The van der Waals surface area contributed by atoms with Crippen LogP contribution in [0.1, 0.15) is 41.5 Å². The normalized spacial score (nSPS) is 26.6. The first-order chi connectivity index (χ1) is 8.23. The summed E-state index contributed by atoms with van der Waals surface area (Å²) in [5.41, 5.74) is 0.322. The van der Waals surface area contributed by atoms with Crippen molar-refractivity contribution in [3.8, 4) is 0 Å². The van der Waals surface area contributed by atoms with Crippen molar-refractivity contribution in [1.82, 2.24) is 0 Å². The van der Waals surface area contributed by atoms with Crippen molar-refractivity contribution in [2.24, 2.45) is 11.8 Å². The van der Waals surface area contributed by atoms with E-state index >= 15 is 0 Å². The second-order valence-corrected chi connectivity index (χ2v) is 16.5. The molecule has 1 rings (SSSR count). The Morgan fingerprint density at radius 1 is 1.17 bits per heavy atom. The van der Waals surface area contributed by atoms with E-state index in [-0.39, 0.29) is 5.16 Å². The van der Waals surface area contributed by atoms with Crippen LogP contribution in [-0.2, 0) is 21.1 Å². The van der Waals surface area contributed by atoms with E-state index in [0.29, 0.717) is 30.9 Å². The van der Waals surface area contributed by atoms with Gasteiger partial charge >= 0.3 is 117 Å². The summed E-state index contributed by atoms with van der Waals surface area (Å²) < 4.78 is 11.8. The van der Waals surface area contributed by atoms with Gasteiger partial charge in [0.15, 0.2) is 0 Å². The number of rotatable bonds is 4. The molecule has 110 valence electrons. The van der Waals surface area contributed by atoms with E-state index in [4.69, 9.17) is 21.1 Å². The van der Waals surface area contributed by atoms with Gasteiger partial charge in [0.1, 0.15) is 0 Å². The van der Waals surface area contributed by atoms with Gasteiger partial charge in [-0.2, -0.15) is 0 Å². The number of hydrogen-bond donors (Lipinski definition) is 1. The third-order valence-electron chi connectivity index (χ3n) is 4.59. The molecule has 1 N–H and O–H groups in total. The summed E-state index contributed by atoms with van der Waals surface area (Å²) in [5.74, 6) is 0.809. The molecule has 0 radical (unpaired) electrons. The maximum atomic E-state index is 10.4. The molecule has 0 aromatic rings. The Labute approximate surface area is 117 Å². The zero-order chi connectivity index (χ0) is 14.1. The van der Waals surface area contributed by atoms with Gasteiger partial charge in [-0.15, -0.1) is 0 Å². The van der Waals surface area contributed by atoms with E-state index in [2.05, 4.69) is 41.5 Å². The van der Waals surface area contributed by atoms with Crippen molar-refractivity contribution >= 4 is 25.6 Å². The summed E-state index contributed by atoms with van der Waals surface area (Å²) in [4.78, 5) is 10.4. The molecule has 0 aliphatic carbocycles. The molecule has 1 aliphatic rings. The van der Waals surface area contributed by atoms with Crippen molar-refractivity contribution < 1.29 is 14.2 Å². The van der Waals surface area contributed by atoms with Crippen LogP contribution in [0.2, 0.25) is 0 Å². The predicted octanol–water partition coefficient (Wildman–Crippen LogP) is 3.61. The monoisotopic (exact) mass is 314 g/mol. The average molecular weight is 314 g/mol. The first-order valence-electron chi connectivity index (χ1n) is 6.68. The van der Waals surface area contributed by atoms with Gasteiger partial charge in [-0.25, -0.2) is 0 Å². The molecule has 0 spiro atoms. The van der Waals surface area contributed by atoms with E-state index in [1.165, 1.54) is 0 Å². The van der Waals surface area contributed by atoms with Crippen LogP contribution in [0.3, 0.4) is 0 Å². The van der Waals surface area contributed by atoms with Gasteiger partial charge in [0, 0.05) is 0 Å². The molecule has 0 aromatic carbocycles. The second-order valence-electron chi connectivity index (χ2n) is 6.16. The summed E-state index contributed by atoms with van der Waals surface area (Å²) in [5, 5.41) is -0.0792. The van der Waals surface area contributed by atoms with Crippen molar-refractivity contribution in [3.05, 3.63) is 0 Å². The van der Waals surface area contributed by atoms with E-state index in [9.17, 15) is 4.89 Å². The van der Waals surface area contributed by atoms with Gasteiger partial charge in [0.05, 0.1) is 0 Å². The van der Waals surface area contributed by atoms with Gasteiger partial charge in [-0.1, -0.05) is 0 Å². The van der Waals surface area contributed by atoms with Crippen molar-refractivity contribution in [2.45, 2.75) is 52.4 Å². The molecule has 6 heteroatoms. The topological polar surface area (TPSA) is 38.7 Å². The Bertz CT molecular complexity index is 312. The first kappa shape index (κ1) is 17.0. The second kappa shape index (κ2) is 6.16. The van der Waals surface area contributed by atoms with Gasteiger partial charge in [0.2, 0.25) is 0 Å². The molecule has 3 nitrogen and oxygen atoms in total. The third-order valence-corrected chi connectivity index (χ3v) is 18.3. The number of ether oxygens (including phenoxy) is 1. The molecule has 1 heterocycles. The Morgan fingerprint density at radius 2 is 1.67 bits per heavy atom. The molecule has 0 bridgehead atoms. The van der Waals surface area contributed by atoms with Crippen LogP contribution < -0.4 is 0 Å². The molecule has 1 aliphatic heterocycles. The summed E-state index contributed by atoms with van der Waals surface area (Å²) in [6.45, 7) is 12.3. The SMILES string of the molecule is CC(C)C1(C(C)C)COCO[PH]1(C(C)C)[PH](O)=S. The van der Waals surface area contributed by atoms with Crippen LogP contribution >= 0.6 is 13.8 Å². The standard InChI is InChI=1S/C12H28O3P2S/c1-9(2)12(10(3)4)7-14-8-15-17(12,11(5)6)16(13)18/h9-11,16-17H,7-8H2,1-6H3,(H,13,18). The molecular formula is C12H28O3P2S. The molecule has 1 saturated heterocycles. The van der Waals surface area contributed by atoms with E-state index in [1.807, 2.05) is 0 Å². The Balaban J connectivity index is 3.46. The molecule has 0 aromatic heterocycles. The molecule has 0 saturated carbocycles. The van der Waals surface area contributed by atoms with Crippen LogP contribution in [0, 0.1) is 11.8 Å². The van der Waals surface area contributed by atoms with Crippen LogP contribution in [0.5, 0.6) is 0 Å². The van der Waals surface area contributed by atoms with Gasteiger partial charge in [-0.3, -0.25) is 0 Å². The fourth-order valence-corrected chi connectivity index (χ4v) is 18.2. The van der Waals surface area contributed by atoms with Gasteiger partial charge in [-0.05, 0) is 0 Å². The molecular weight excluding hydrogens is 286 g/mol. The zero-order valence-electron chi connectivity index (χ0n) is 12.3. The minimum absolute atomic E-state index is 0.0792. The van der Waals surface area contributed by atoms with Crippen LogP contribution in [0.25, 0.3) is 0 Å². The van der Waals surface area contributed by atoms with Crippen molar-refractivity contribution in [2.75, 3.05) is 13.4 Å². The summed E-state index contributed by atoms with van der Waals surface area (Å²) in [7, 11) is -2.40. The number of hydrogen-bond acceptors (Lipinski definition) is 3. The molecule has 1 fully saturated rings. The predicted molar refractivity (Wildman–Crippen MR) is 85.7 cm³/mol. The van der Waals surface area contributed by atoms with Crippen molar-refractivity contribution in [1.29, 1.82) is 0 Å². The summed E-state index contributed by atoms with van der Waals surface area (Å²) in [6.07, 6.45) is 0. The molecule has 1 unspecified atom stereocenters. The van der Waals surface area contributed by atoms with Crippen LogP contribution in [-0.4, -0.2) is 29.1 Å². The third kappa shape index (κ3) is 2.34. The fourth-order valence-electron chi connectivity index (χ4n) is 3.66. The minimum atomic E-state index is -2.40. The Hall–Kier alpha value is 0.960. The molecule has 18 heavy (non-hydrogen) atoms. The Morgan fingerprint density at radius 3 is 1.94 bits per heavy atom. The fraction of sp³-hybridized carbons (Fsp3) is 1.00. The quantitative estimate of drug-likeness (QED) is 0.805. The zero-order valence-corrected chi connectivity index (χ0v) is 15.1. The van der Waals surface area contributed by atoms with E-state index in [1.54, 1.807) is 0 Å². The first-order valence-corrected chi connectivity index (χ1v) is 12.2. The van der Waals surface area contributed by atoms with E-state index in [0.717, 1.165) is 0 Å². The molecule has 1 atom stereocenters. The van der Waals surface area contributed by atoms with Crippen LogP contribution in [0.15, 0.2) is 0 Å². The average Bonchev–Trinajstić information content (AvgIpc) is 2.27. The Kier molecular flexibility index (Phi) is 5.82. The van der Waals surface area contributed by atoms with E-state index < -0.39 is 13.8 Å². The maximum absolute atomic E-state index is 10.4. The van der Waals surface area contributed by atoms with Crippen LogP contribution in [0.4, 0.5) is 0 Å². The van der Waals surface area contributed by atoms with Gasteiger partial charge < -0.3 is 0 Å². The van der Waals surface area contributed by atoms with Crippen molar-refractivity contribution in [3.63, 3.8) is 0 Å². The molecule has 0 amide bonds. The summed E-state index contributed by atoms with van der Waals surface area (Å²) in [6, 6.07) is 0.